The van der Waals surface area contributed by atoms with E-state index in [1.165, 1.54) is 21.5 Å². The molecule has 0 N–H and O–H groups in total. The molecule has 0 aliphatic heterocycles. The molecule has 0 fully saturated rings. The third-order valence-electron chi connectivity index (χ3n) is 11.6. The van der Waals surface area contributed by atoms with Crippen molar-refractivity contribution in [2.24, 2.45) is 0 Å². The lowest BCUT2D eigenvalue weighted by Gasteiger charge is -2.13. The van der Waals surface area contributed by atoms with E-state index >= 15 is 0 Å². The molecule has 0 saturated carbocycles. The largest absolute Gasteiger partial charge is 0.292 e. The van der Waals surface area contributed by atoms with E-state index < -0.39 is 0 Å². The van der Waals surface area contributed by atoms with Crippen LogP contribution in [0.4, 0.5) is 0 Å². The van der Waals surface area contributed by atoms with Crippen LogP contribution >= 0.6 is 0 Å². The Kier molecular flexibility index (Phi) is 8.35. The number of nitrogens with zero attached hydrogens (tertiary/aromatic N) is 7. The molecule has 0 atom stereocenters. The van der Waals surface area contributed by atoms with Gasteiger partial charge in [0.2, 0.25) is 0 Å². The fraction of sp³-hybridized carbons (Fsp3) is 0. The van der Waals surface area contributed by atoms with Gasteiger partial charge in [0.1, 0.15) is 11.6 Å². The maximum Gasteiger partial charge on any atom is 0.164 e. The van der Waals surface area contributed by atoms with Crippen molar-refractivity contribution in [3.63, 3.8) is 0 Å². The first-order chi connectivity index (χ1) is 30.7. The average Bonchev–Trinajstić information content (AvgIpc) is 3.94. The first-order valence-electron chi connectivity index (χ1n) is 20.7. The van der Waals surface area contributed by atoms with Crippen molar-refractivity contribution in [3.05, 3.63) is 212 Å². The zero-order chi connectivity index (χ0) is 41.0. The van der Waals surface area contributed by atoms with E-state index in [0.29, 0.717) is 17.5 Å². The molecule has 7 heteroatoms. The van der Waals surface area contributed by atoms with Gasteiger partial charge >= 0.3 is 0 Å². The van der Waals surface area contributed by atoms with Crippen LogP contribution in [0.1, 0.15) is 0 Å². The van der Waals surface area contributed by atoms with E-state index in [-0.39, 0.29) is 0 Å². The van der Waals surface area contributed by atoms with Crippen LogP contribution in [0.2, 0.25) is 0 Å². The van der Waals surface area contributed by atoms with Gasteiger partial charge < -0.3 is 0 Å². The van der Waals surface area contributed by atoms with Crippen LogP contribution in [-0.4, -0.2) is 34.1 Å². The second-order valence-corrected chi connectivity index (χ2v) is 15.4. The Bertz CT molecular complexity index is 3410. The van der Waals surface area contributed by atoms with Crippen LogP contribution in [0.15, 0.2) is 212 Å². The molecule has 7 nitrogen and oxygen atoms in total. The van der Waals surface area contributed by atoms with Crippen molar-refractivity contribution >= 4 is 43.6 Å². The fourth-order valence-electron chi connectivity index (χ4n) is 8.49. The lowest BCUT2D eigenvalue weighted by atomic mass is 10.1. The van der Waals surface area contributed by atoms with Gasteiger partial charge in [0.25, 0.3) is 0 Å². The van der Waals surface area contributed by atoms with Crippen molar-refractivity contribution in [1.29, 1.82) is 0 Å². The molecule has 0 radical (unpaired) electrons. The third-order valence-corrected chi connectivity index (χ3v) is 11.6. The van der Waals surface area contributed by atoms with Gasteiger partial charge in [0.15, 0.2) is 17.5 Å². The van der Waals surface area contributed by atoms with Gasteiger partial charge in [-0.3, -0.25) is 9.13 Å². The van der Waals surface area contributed by atoms with Crippen molar-refractivity contribution in [2.45, 2.75) is 0 Å². The molecule has 12 rings (SSSR count). The van der Waals surface area contributed by atoms with Crippen LogP contribution in [0.5, 0.6) is 0 Å². The molecule has 290 valence electrons. The van der Waals surface area contributed by atoms with Gasteiger partial charge in [-0.2, -0.15) is 0 Å². The van der Waals surface area contributed by atoms with E-state index in [1.54, 1.807) is 0 Å². The second-order valence-electron chi connectivity index (χ2n) is 15.4. The van der Waals surface area contributed by atoms with Crippen LogP contribution in [0, 0.1) is 0 Å². The Balaban J connectivity index is 0.938. The molecule has 9 aromatic carbocycles. The van der Waals surface area contributed by atoms with Crippen molar-refractivity contribution in [2.75, 3.05) is 0 Å². The minimum atomic E-state index is 0.592. The molecule has 3 heterocycles. The lowest BCUT2D eigenvalue weighted by Crippen LogP contribution is -2.02. The Morgan fingerprint density at radius 2 is 0.613 bits per heavy atom. The third kappa shape index (κ3) is 6.19. The van der Waals surface area contributed by atoms with Crippen molar-refractivity contribution < 1.29 is 0 Å². The predicted molar refractivity (Wildman–Crippen MR) is 251 cm³/mol. The van der Waals surface area contributed by atoms with Gasteiger partial charge in [-0.25, -0.2) is 24.9 Å². The first-order valence-corrected chi connectivity index (χ1v) is 20.7. The van der Waals surface area contributed by atoms with Gasteiger partial charge in [-0.05, 0) is 106 Å². The highest BCUT2D eigenvalue weighted by atomic mass is 15.1. The van der Waals surface area contributed by atoms with Gasteiger partial charge in [0.05, 0.1) is 22.1 Å². The van der Waals surface area contributed by atoms with Gasteiger partial charge in [0, 0.05) is 39.2 Å². The molecule has 0 aliphatic carbocycles. The lowest BCUT2D eigenvalue weighted by molar-refractivity contribution is 1.07. The zero-order valence-electron chi connectivity index (χ0n) is 33.3. The van der Waals surface area contributed by atoms with Gasteiger partial charge in [-0.15, -0.1) is 0 Å². The topological polar surface area (TPSA) is 74.3 Å². The minimum absolute atomic E-state index is 0.592. The molecule has 0 spiro atoms. The highest BCUT2D eigenvalue weighted by Crippen LogP contribution is 2.34. The Morgan fingerprint density at radius 1 is 0.258 bits per heavy atom. The number of imidazole rings is 2. The summed E-state index contributed by atoms with van der Waals surface area (Å²) in [6, 6.07) is 73.4. The Hall–Kier alpha value is -8.55. The van der Waals surface area contributed by atoms with Crippen LogP contribution in [-0.2, 0) is 0 Å². The Morgan fingerprint density at radius 3 is 1.06 bits per heavy atom. The summed E-state index contributed by atoms with van der Waals surface area (Å²) in [6.45, 7) is 0. The summed E-state index contributed by atoms with van der Waals surface area (Å²) in [6.07, 6.45) is 0. The zero-order valence-corrected chi connectivity index (χ0v) is 33.3. The SMILES string of the molecule is c1ccc(-c2nc(-c3ccc(-n4c(-c5ccc6ccccc6c5)nc5ccccc54)cc3)nc(-c3ccc(-n4c(-c5ccc6ccccc6c5)nc5ccccc54)cc3)n2)cc1. The summed E-state index contributed by atoms with van der Waals surface area (Å²) in [5.74, 6) is 3.56. The Labute approximate surface area is 356 Å². The van der Waals surface area contributed by atoms with Crippen LogP contribution in [0.3, 0.4) is 0 Å². The van der Waals surface area contributed by atoms with Crippen molar-refractivity contribution in [3.8, 4) is 68.3 Å². The number of hydrogen-bond acceptors (Lipinski definition) is 5. The number of benzene rings is 9. The molecule has 0 amide bonds. The molecule has 0 bridgehead atoms. The van der Waals surface area contributed by atoms with E-state index in [1.807, 2.05) is 42.5 Å². The van der Waals surface area contributed by atoms with Crippen LogP contribution < -0.4 is 0 Å². The highest BCUT2D eigenvalue weighted by molar-refractivity contribution is 5.91. The summed E-state index contributed by atoms with van der Waals surface area (Å²) < 4.78 is 4.46. The molecule has 3 aromatic heterocycles. The summed E-state index contributed by atoms with van der Waals surface area (Å²) in [7, 11) is 0. The molecular formula is C55H35N7. The van der Waals surface area contributed by atoms with Crippen molar-refractivity contribution in [1.82, 2.24) is 34.1 Å². The number of aromatic nitrogens is 7. The maximum atomic E-state index is 5.13. The first kappa shape index (κ1) is 35.4. The van der Waals surface area contributed by atoms with E-state index in [9.17, 15) is 0 Å². The number of fused-ring (bicyclic) bond motifs is 4. The standard InChI is InChI=1S/C55H35N7/c1-2-14-38(15-3-1)51-58-52(39-26-30-45(31-27-39)61-49-20-10-8-18-47(49)56-54(61)43-24-22-36-12-4-6-16-41(36)34-43)60-53(59-51)40-28-32-46(33-29-40)62-50-21-11-9-19-48(50)57-55(62)44-25-23-37-13-5-7-17-42(37)35-44/h1-35H. The molecule has 0 aliphatic rings. The average molecular weight is 794 g/mol. The second kappa shape index (κ2) is 14.6. The number of para-hydroxylation sites is 4. The van der Waals surface area contributed by atoms with Crippen LogP contribution in [0.25, 0.3) is 112 Å². The smallest absolute Gasteiger partial charge is 0.164 e. The minimum Gasteiger partial charge on any atom is -0.292 e. The molecule has 62 heavy (non-hydrogen) atoms. The number of hydrogen-bond donors (Lipinski definition) is 0. The van der Waals surface area contributed by atoms with Gasteiger partial charge in [-0.1, -0.05) is 127 Å². The predicted octanol–water partition coefficient (Wildman–Crippen LogP) is 13.2. The summed E-state index contributed by atoms with van der Waals surface area (Å²) in [5.41, 5.74) is 10.7. The quantitative estimate of drug-likeness (QED) is 0.161. The normalized spacial score (nSPS) is 11.5. The molecule has 0 unspecified atom stereocenters. The highest BCUT2D eigenvalue weighted by Gasteiger charge is 2.18. The van der Waals surface area contributed by atoms with E-state index in [2.05, 4.69) is 179 Å². The van der Waals surface area contributed by atoms with E-state index in [0.717, 1.165) is 72.9 Å². The molecule has 12 aromatic rings. The summed E-state index contributed by atoms with van der Waals surface area (Å²) in [4.78, 5) is 25.5. The molecule has 0 saturated heterocycles. The summed E-state index contributed by atoms with van der Waals surface area (Å²) >= 11 is 0. The summed E-state index contributed by atoms with van der Waals surface area (Å²) in [5, 5.41) is 4.75. The molecular weight excluding hydrogens is 759 g/mol. The maximum absolute atomic E-state index is 5.13. The monoisotopic (exact) mass is 793 g/mol. The van der Waals surface area contributed by atoms with E-state index in [4.69, 9.17) is 24.9 Å². The number of rotatable bonds is 7. The fourth-order valence-corrected chi connectivity index (χ4v) is 8.49.